The van der Waals surface area contributed by atoms with Crippen LogP contribution in [0.1, 0.15) is 23.3 Å². The SMILES string of the molecule is O=C(NNC(=O)C1CC1)c1cc(-c2ccccc2F)on1. The minimum Gasteiger partial charge on any atom is -0.355 e. The first-order chi connectivity index (χ1) is 10.1. The maximum atomic E-state index is 13.6. The van der Waals surface area contributed by atoms with E-state index in [9.17, 15) is 14.0 Å². The van der Waals surface area contributed by atoms with Crippen molar-refractivity contribution in [3.05, 3.63) is 41.8 Å². The van der Waals surface area contributed by atoms with Crippen LogP contribution in [0.3, 0.4) is 0 Å². The molecule has 0 atom stereocenters. The third-order valence-corrected chi connectivity index (χ3v) is 3.13. The first-order valence-electron chi connectivity index (χ1n) is 6.47. The number of aromatic nitrogens is 1. The molecule has 1 saturated carbocycles. The molecular weight excluding hydrogens is 277 g/mol. The van der Waals surface area contributed by atoms with E-state index in [1.807, 2.05) is 0 Å². The minimum atomic E-state index is -0.615. The van der Waals surface area contributed by atoms with Crippen molar-refractivity contribution >= 4 is 11.8 Å². The van der Waals surface area contributed by atoms with Crippen LogP contribution < -0.4 is 10.9 Å². The zero-order valence-corrected chi connectivity index (χ0v) is 10.9. The monoisotopic (exact) mass is 289 g/mol. The van der Waals surface area contributed by atoms with E-state index < -0.39 is 11.7 Å². The number of amides is 2. The molecule has 3 rings (SSSR count). The molecule has 1 aromatic heterocycles. The summed E-state index contributed by atoms with van der Waals surface area (Å²) in [7, 11) is 0. The smallest absolute Gasteiger partial charge is 0.291 e. The number of benzene rings is 1. The van der Waals surface area contributed by atoms with Crippen LogP contribution in [0, 0.1) is 11.7 Å². The maximum absolute atomic E-state index is 13.6. The van der Waals surface area contributed by atoms with Crippen LogP contribution >= 0.6 is 0 Å². The van der Waals surface area contributed by atoms with E-state index in [0.29, 0.717) is 0 Å². The van der Waals surface area contributed by atoms with E-state index in [4.69, 9.17) is 4.52 Å². The van der Waals surface area contributed by atoms with Gasteiger partial charge in [0.05, 0.1) is 5.56 Å². The van der Waals surface area contributed by atoms with Crippen molar-refractivity contribution in [2.75, 3.05) is 0 Å². The zero-order chi connectivity index (χ0) is 14.8. The Morgan fingerprint density at radius 1 is 1.24 bits per heavy atom. The highest BCUT2D eigenvalue weighted by atomic mass is 19.1. The molecule has 0 aliphatic heterocycles. The number of carbonyl (C=O) groups excluding carboxylic acids is 2. The van der Waals surface area contributed by atoms with Crippen molar-refractivity contribution in [2.24, 2.45) is 5.92 Å². The van der Waals surface area contributed by atoms with Crippen LogP contribution in [-0.2, 0) is 4.79 Å². The standard InChI is InChI=1S/C14H12FN3O3/c15-10-4-2-1-3-9(10)12-7-11(18-21-12)14(20)17-16-13(19)8-5-6-8/h1-4,7-8H,5-6H2,(H,16,19)(H,17,20). The molecule has 21 heavy (non-hydrogen) atoms. The quantitative estimate of drug-likeness (QED) is 0.841. The van der Waals surface area contributed by atoms with E-state index in [1.54, 1.807) is 12.1 Å². The van der Waals surface area contributed by atoms with E-state index in [0.717, 1.165) is 12.8 Å². The summed E-state index contributed by atoms with van der Waals surface area (Å²) in [6.45, 7) is 0. The summed E-state index contributed by atoms with van der Waals surface area (Å²) in [4.78, 5) is 23.2. The normalized spacial score (nSPS) is 13.8. The summed E-state index contributed by atoms with van der Waals surface area (Å²) in [5.41, 5.74) is 4.73. The molecule has 1 fully saturated rings. The Kier molecular flexibility index (Phi) is 3.39. The summed E-state index contributed by atoms with van der Waals surface area (Å²) in [5.74, 6) is -1.18. The van der Waals surface area contributed by atoms with Gasteiger partial charge in [-0.15, -0.1) is 0 Å². The summed E-state index contributed by atoms with van der Waals surface area (Å²) < 4.78 is 18.5. The molecule has 1 aliphatic carbocycles. The molecule has 2 aromatic rings. The Labute approximate surface area is 119 Å². The molecule has 108 valence electrons. The molecule has 1 aromatic carbocycles. The predicted molar refractivity (Wildman–Crippen MR) is 70.2 cm³/mol. The fraction of sp³-hybridized carbons (Fsp3) is 0.214. The number of hydrazine groups is 1. The number of hydrogen-bond acceptors (Lipinski definition) is 4. The molecule has 0 bridgehead atoms. The Bertz CT molecular complexity index is 694. The van der Waals surface area contributed by atoms with Crippen LogP contribution in [0.25, 0.3) is 11.3 Å². The van der Waals surface area contributed by atoms with E-state index in [1.165, 1.54) is 18.2 Å². The number of nitrogens with one attached hydrogen (secondary N) is 2. The van der Waals surface area contributed by atoms with Gasteiger partial charge in [-0.2, -0.15) is 0 Å². The zero-order valence-electron chi connectivity index (χ0n) is 10.9. The molecule has 6 nitrogen and oxygen atoms in total. The van der Waals surface area contributed by atoms with Gasteiger partial charge in [0.1, 0.15) is 5.82 Å². The number of rotatable bonds is 3. The van der Waals surface area contributed by atoms with Crippen LogP contribution in [-0.4, -0.2) is 17.0 Å². The van der Waals surface area contributed by atoms with E-state index in [-0.39, 0.29) is 28.8 Å². The summed E-state index contributed by atoms with van der Waals surface area (Å²) in [5, 5.41) is 3.57. The molecule has 0 unspecified atom stereocenters. The molecule has 0 radical (unpaired) electrons. The van der Waals surface area contributed by atoms with Gasteiger partial charge in [0.15, 0.2) is 11.5 Å². The first kappa shape index (κ1) is 13.3. The highest BCUT2D eigenvalue weighted by molar-refractivity contribution is 5.94. The van der Waals surface area contributed by atoms with Gasteiger partial charge >= 0.3 is 0 Å². The number of hydrogen-bond donors (Lipinski definition) is 2. The van der Waals surface area contributed by atoms with Crippen LogP contribution in [0.5, 0.6) is 0 Å². The van der Waals surface area contributed by atoms with Crippen molar-refractivity contribution < 1.29 is 18.5 Å². The van der Waals surface area contributed by atoms with Gasteiger partial charge in [0.25, 0.3) is 5.91 Å². The Hall–Kier alpha value is -2.70. The largest absolute Gasteiger partial charge is 0.355 e. The second-order valence-electron chi connectivity index (χ2n) is 4.77. The number of carbonyl (C=O) groups is 2. The average Bonchev–Trinajstić information content (AvgIpc) is 3.23. The van der Waals surface area contributed by atoms with Crippen molar-refractivity contribution in [3.8, 4) is 11.3 Å². The fourth-order valence-electron chi connectivity index (χ4n) is 1.80. The van der Waals surface area contributed by atoms with E-state index >= 15 is 0 Å². The molecule has 1 heterocycles. The number of halogens is 1. The predicted octanol–water partition coefficient (Wildman–Crippen LogP) is 1.65. The molecule has 7 heteroatoms. The third kappa shape index (κ3) is 2.91. The lowest BCUT2D eigenvalue weighted by atomic mass is 10.1. The minimum absolute atomic E-state index is 0.0171. The molecule has 0 spiro atoms. The van der Waals surface area contributed by atoms with Crippen LogP contribution in [0.2, 0.25) is 0 Å². The van der Waals surface area contributed by atoms with Crippen LogP contribution in [0.15, 0.2) is 34.9 Å². The third-order valence-electron chi connectivity index (χ3n) is 3.13. The maximum Gasteiger partial charge on any atom is 0.291 e. The van der Waals surface area contributed by atoms with Gasteiger partial charge in [0.2, 0.25) is 5.91 Å². The summed E-state index contributed by atoms with van der Waals surface area (Å²) in [6.07, 6.45) is 1.67. The molecular formula is C14H12FN3O3. The van der Waals surface area contributed by atoms with Gasteiger partial charge in [-0.1, -0.05) is 17.3 Å². The van der Waals surface area contributed by atoms with Gasteiger partial charge in [-0.25, -0.2) is 4.39 Å². The molecule has 1 aliphatic rings. The van der Waals surface area contributed by atoms with Gasteiger partial charge in [-0.3, -0.25) is 20.4 Å². The summed E-state index contributed by atoms with van der Waals surface area (Å²) in [6, 6.07) is 7.32. The second-order valence-corrected chi connectivity index (χ2v) is 4.77. The lowest BCUT2D eigenvalue weighted by Crippen LogP contribution is -2.42. The summed E-state index contributed by atoms with van der Waals surface area (Å²) >= 11 is 0. The highest BCUT2D eigenvalue weighted by Gasteiger charge is 2.30. The van der Waals surface area contributed by atoms with Crippen molar-refractivity contribution in [1.82, 2.24) is 16.0 Å². The van der Waals surface area contributed by atoms with Crippen molar-refractivity contribution in [3.63, 3.8) is 0 Å². The van der Waals surface area contributed by atoms with Gasteiger partial charge in [0, 0.05) is 12.0 Å². The average molecular weight is 289 g/mol. The van der Waals surface area contributed by atoms with E-state index in [2.05, 4.69) is 16.0 Å². The number of nitrogens with zero attached hydrogens (tertiary/aromatic N) is 1. The highest BCUT2D eigenvalue weighted by Crippen LogP contribution is 2.28. The second kappa shape index (κ2) is 5.35. The molecule has 2 amide bonds. The fourth-order valence-corrected chi connectivity index (χ4v) is 1.80. The Morgan fingerprint density at radius 2 is 2.00 bits per heavy atom. The van der Waals surface area contributed by atoms with Crippen molar-refractivity contribution in [2.45, 2.75) is 12.8 Å². The first-order valence-corrected chi connectivity index (χ1v) is 6.47. The van der Waals surface area contributed by atoms with Crippen molar-refractivity contribution in [1.29, 1.82) is 0 Å². The Balaban J connectivity index is 1.68. The van der Waals surface area contributed by atoms with Gasteiger partial charge in [-0.05, 0) is 25.0 Å². The lowest BCUT2D eigenvalue weighted by molar-refractivity contribution is -0.123. The van der Waals surface area contributed by atoms with Crippen LogP contribution in [0.4, 0.5) is 4.39 Å². The lowest BCUT2D eigenvalue weighted by Gasteiger charge is -2.03. The molecule has 0 saturated heterocycles. The molecule has 2 N–H and O–H groups in total. The van der Waals surface area contributed by atoms with Gasteiger partial charge < -0.3 is 4.52 Å². The topological polar surface area (TPSA) is 84.2 Å². The Morgan fingerprint density at radius 3 is 2.71 bits per heavy atom.